The van der Waals surface area contributed by atoms with Crippen molar-refractivity contribution in [1.29, 1.82) is 0 Å². The van der Waals surface area contributed by atoms with Crippen LogP contribution in [0.1, 0.15) is 4.88 Å². The molecule has 30 heavy (non-hydrogen) atoms. The van der Waals surface area contributed by atoms with E-state index in [2.05, 4.69) is 27.9 Å². The molecular weight excluding hydrogens is 416 g/mol. The molecule has 4 rings (SSSR count). The maximum Gasteiger partial charge on any atom is 0.266 e. The highest BCUT2D eigenvalue weighted by molar-refractivity contribution is 8.18. The minimum Gasteiger partial charge on any atom is -0.508 e. The number of aromatic hydroxyl groups is 1. The van der Waals surface area contributed by atoms with Crippen molar-refractivity contribution >= 4 is 45.9 Å². The van der Waals surface area contributed by atoms with Gasteiger partial charge in [0.1, 0.15) is 5.75 Å². The number of phenols is 1. The second-order valence-corrected chi connectivity index (χ2v) is 8.49. The number of thiophene rings is 1. The van der Waals surface area contributed by atoms with Gasteiger partial charge in [-0.15, -0.1) is 11.3 Å². The quantitative estimate of drug-likeness (QED) is 0.539. The van der Waals surface area contributed by atoms with Gasteiger partial charge in [-0.25, -0.2) is 4.99 Å². The molecule has 0 saturated carbocycles. The van der Waals surface area contributed by atoms with Gasteiger partial charge in [-0.05, 0) is 59.8 Å². The number of methoxy groups -OCH3 is 1. The van der Waals surface area contributed by atoms with Crippen LogP contribution in [-0.2, 0) is 9.53 Å². The Morgan fingerprint density at radius 3 is 2.33 bits per heavy atom. The number of rotatable bonds is 3. The van der Waals surface area contributed by atoms with Crippen LogP contribution in [0.5, 0.6) is 5.75 Å². The third kappa shape index (κ3) is 5.38. The number of phenolic OH excluding ortho intramolecular Hbond substituents is 1. The van der Waals surface area contributed by atoms with E-state index in [0.29, 0.717) is 15.8 Å². The second-order valence-electron chi connectivity index (χ2n) is 6.36. The van der Waals surface area contributed by atoms with Crippen LogP contribution in [0.2, 0.25) is 0 Å². The van der Waals surface area contributed by atoms with Gasteiger partial charge in [-0.1, -0.05) is 30.3 Å². The molecule has 5 nitrogen and oxygen atoms in total. The lowest BCUT2D eigenvalue weighted by molar-refractivity contribution is -0.121. The number of ether oxygens (including phenoxy) is 1. The first-order valence-corrected chi connectivity index (χ1v) is 10.8. The van der Waals surface area contributed by atoms with Crippen molar-refractivity contribution in [3.05, 3.63) is 76.5 Å². The van der Waals surface area contributed by atoms with E-state index >= 15 is 0 Å². The Balaban J connectivity index is 0.000000806. The average molecular weight is 439 g/mol. The standard InChI is InChI=1S/C21H16N2O2S2.C2H6O/c1-23-20(25)19(27-21(23)22-15-7-9-16(24)10-8-15)13-17-11-12-18(26-17)14-5-3-2-4-6-14;1-3-2/h2-13,24H,1H3;1-2H3/b19-13-,22-21?;. The summed E-state index contributed by atoms with van der Waals surface area (Å²) >= 11 is 3.01. The average Bonchev–Trinajstić information content (AvgIpc) is 3.32. The number of nitrogens with zero attached hydrogens (tertiary/aromatic N) is 2. The molecule has 1 fully saturated rings. The lowest BCUT2D eigenvalue weighted by atomic mass is 10.2. The molecule has 154 valence electrons. The second kappa shape index (κ2) is 10.2. The summed E-state index contributed by atoms with van der Waals surface area (Å²) < 4.78 is 4.25. The van der Waals surface area contributed by atoms with Crippen LogP contribution in [0.15, 0.2) is 76.6 Å². The van der Waals surface area contributed by atoms with E-state index in [-0.39, 0.29) is 11.7 Å². The summed E-state index contributed by atoms with van der Waals surface area (Å²) in [5.74, 6) is 0.127. The molecule has 1 aromatic heterocycles. The number of thioether (sulfide) groups is 1. The summed E-state index contributed by atoms with van der Waals surface area (Å²) in [7, 11) is 4.97. The fourth-order valence-corrected chi connectivity index (χ4v) is 4.62. The van der Waals surface area contributed by atoms with Gasteiger partial charge in [0.25, 0.3) is 5.91 Å². The van der Waals surface area contributed by atoms with Crippen LogP contribution >= 0.6 is 23.1 Å². The predicted molar refractivity (Wildman–Crippen MR) is 126 cm³/mol. The van der Waals surface area contributed by atoms with Crippen LogP contribution in [0.25, 0.3) is 16.5 Å². The van der Waals surface area contributed by atoms with Gasteiger partial charge in [0.2, 0.25) is 0 Å². The zero-order valence-electron chi connectivity index (χ0n) is 16.9. The lowest BCUT2D eigenvalue weighted by Gasteiger charge is -2.06. The number of amidine groups is 1. The number of hydrogen-bond donors (Lipinski definition) is 1. The Kier molecular flexibility index (Phi) is 7.46. The van der Waals surface area contributed by atoms with Gasteiger partial charge in [0.15, 0.2) is 5.17 Å². The molecule has 0 unspecified atom stereocenters. The monoisotopic (exact) mass is 438 g/mol. The molecule has 7 heteroatoms. The van der Waals surface area contributed by atoms with E-state index in [1.54, 1.807) is 61.8 Å². The molecule has 0 atom stereocenters. The zero-order chi connectivity index (χ0) is 21.5. The van der Waals surface area contributed by atoms with Crippen LogP contribution < -0.4 is 0 Å². The van der Waals surface area contributed by atoms with E-state index in [4.69, 9.17) is 0 Å². The van der Waals surface area contributed by atoms with Crippen molar-refractivity contribution in [3.63, 3.8) is 0 Å². The zero-order valence-corrected chi connectivity index (χ0v) is 18.5. The maximum atomic E-state index is 12.6. The third-order valence-corrected chi connectivity index (χ3v) is 6.18. The van der Waals surface area contributed by atoms with E-state index in [9.17, 15) is 9.90 Å². The number of likely N-dealkylation sites (N-methyl/N-ethyl adjacent to an activating group) is 1. The van der Waals surface area contributed by atoms with Crippen LogP contribution in [0.4, 0.5) is 5.69 Å². The fourth-order valence-electron chi connectivity index (χ4n) is 2.61. The molecule has 3 aromatic rings. The molecule has 1 aliphatic heterocycles. The topological polar surface area (TPSA) is 62.1 Å². The van der Waals surface area contributed by atoms with E-state index in [1.165, 1.54) is 22.2 Å². The van der Waals surface area contributed by atoms with Crippen molar-refractivity contribution in [2.75, 3.05) is 21.3 Å². The summed E-state index contributed by atoms with van der Waals surface area (Å²) in [6, 6.07) is 20.9. The smallest absolute Gasteiger partial charge is 0.266 e. The third-order valence-electron chi connectivity index (χ3n) is 4.04. The van der Waals surface area contributed by atoms with E-state index in [1.807, 2.05) is 30.3 Å². The molecule has 1 aliphatic rings. The van der Waals surface area contributed by atoms with Gasteiger partial charge in [0, 0.05) is 31.0 Å². The van der Waals surface area contributed by atoms with Gasteiger partial charge < -0.3 is 9.84 Å². The molecular formula is C23H22N2O3S2. The first-order valence-electron chi connectivity index (χ1n) is 9.12. The number of carbonyl (C=O) groups excluding carboxylic acids is 1. The maximum absolute atomic E-state index is 12.6. The summed E-state index contributed by atoms with van der Waals surface area (Å²) in [5.41, 5.74) is 1.86. The first kappa shape index (κ1) is 21.8. The molecule has 0 bridgehead atoms. The highest BCUT2D eigenvalue weighted by atomic mass is 32.2. The van der Waals surface area contributed by atoms with Crippen molar-refractivity contribution in [1.82, 2.24) is 4.90 Å². The summed E-state index contributed by atoms with van der Waals surface area (Å²) in [6.07, 6.45) is 1.92. The minimum atomic E-state index is -0.0628. The van der Waals surface area contributed by atoms with Crippen LogP contribution in [-0.4, -0.2) is 42.3 Å². The Bertz CT molecular complexity index is 1060. The molecule has 1 N–H and O–H groups in total. The molecule has 0 aliphatic carbocycles. The van der Waals surface area contributed by atoms with Crippen molar-refractivity contribution in [3.8, 4) is 16.2 Å². The summed E-state index contributed by atoms with van der Waals surface area (Å²) in [4.78, 5) is 21.5. The molecule has 1 saturated heterocycles. The van der Waals surface area contributed by atoms with Crippen LogP contribution in [0, 0.1) is 0 Å². The summed E-state index contributed by atoms with van der Waals surface area (Å²) in [6.45, 7) is 0. The molecule has 2 aromatic carbocycles. The first-order chi connectivity index (χ1) is 14.5. The Hall–Kier alpha value is -2.87. The highest BCUT2D eigenvalue weighted by Gasteiger charge is 2.30. The molecule has 0 spiro atoms. The van der Waals surface area contributed by atoms with Crippen molar-refractivity contribution in [2.45, 2.75) is 0 Å². The molecule has 0 radical (unpaired) electrons. The van der Waals surface area contributed by atoms with Gasteiger partial charge in [-0.3, -0.25) is 9.69 Å². The van der Waals surface area contributed by atoms with E-state index < -0.39 is 0 Å². The highest BCUT2D eigenvalue weighted by Crippen LogP contribution is 2.36. The number of amides is 1. The molecule has 2 heterocycles. The number of benzene rings is 2. The largest absolute Gasteiger partial charge is 0.508 e. The Labute approximate surface area is 184 Å². The Morgan fingerprint density at radius 1 is 1.00 bits per heavy atom. The SMILES string of the molecule is CN1C(=O)/C(=C/c2ccc(-c3ccccc3)s2)SC1=Nc1ccc(O)cc1.COC. The van der Waals surface area contributed by atoms with Crippen molar-refractivity contribution in [2.24, 2.45) is 4.99 Å². The normalized spacial score (nSPS) is 16.1. The predicted octanol–water partition coefficient (Wildman–Crippen LogP) is 5.62. The lowest BCUT2D eigenvalue weighted by Crippen LogP contribution is -2.23. The number of carbonyl (C=O) groups is 1. The minimum absolute atomic E-state index is 0.0628. The number of hydrogen-bond acceptors (Lipinski definition) is 6. The van der Waals surface area contributed by atoms with E-state index in [0.717, 1.165) is 4.88 Å². The van der Waals surface area contributed by atoms with Crippen LogP contribution in [0.3, 0.4) is 0 Å². The van der Waals surface area contributed by atoms with Crippen molar-refractivity contribution < 1.29 is 14.6 Å². The van der Waals surface area contributed by atoms with Gasteiger partial charge in [0.05, 0.1) is 10.6 Å². The Morgan fingerprint density at radius 2 is 1.67 bits per heavy atom. The van der Waals surface area contributed by atoms with Gasteiger partial charge >= 0.3 is 0 Å². The summed E-state index contributed by atoms with van der Waals surface area (Å²) in [5, 5.41) is 10.00. The number of aliphatic imine (C=N–C) groups is 1. The fraction of sp³-hybridized carbons (Fsp3) is 0.130. The molecule has 1 amide bonds. The van der Waals surface area contributed by atoms with Gasteiger partial charge in [-0.2, -0.15) is 0 Å².